The van der Waals surface area contributed by atoms with Crippen molar-refractivity contribution >= 4 is 31.9 Å². The summed E-state index contributed by atoms with van der Waals surface area (Å²) in [5.41, 5.74) is 0.661. The van der Waals surface area contributed by atoms with Gasteiger partial charge in [0.15, 0.2) is 6.29 Å². The van der Waals surface area contributed by atoms with Gasteiger partial charge in [-0.15, -0.1) is 0 Å². The van der Waals surface area contributed by atoms with Crippen molar-refractivity contribution in [3.8, 4) is 5.75 Å². The Balaban J connectivity index is 2.50. The molecule has 1 aromatic rings. The van der Waals surface area contributed by atoms with Crippen LogP contribution in [0.2, 0.25) is 0 Å². The van der Waals surface area contributed by atoms with Crippen molar-refractivity contribution in [1.29, 1.82) is 0 Å². The van der Waals surface area contributed by atoms with Crippen LogP contribution < -0.4 is 9.92 Å². The molecule has 0 aliphatic carbocycles. The normalized spacial score (nSPS) is 16.4. The summed E-state index contributed by atoms with van der Waals surface area (Å²) in [5.74, 6) is -1.61. The summed E-state index contributed by atoms with van der Waals surface area (Å²) >= 11 is 0. The van der Waals surface area contributed by atoms with Crippen LogP contribution in [-0.4, -0.2) is 33.0 Å². The van der Waals surface area contributed by atoms with Crippen LogP contribution in [0, 0.1) is 0 Å². The Hall–Kier alpha value is -2.39. The molecule has 0 bridgehead atoms. The maximum atomic E-state index is 11.5. The summed E-state index contributed by atoms with van der Waals surface area (Å²) < 4.78 is 26.5. The number of hydrogen-bond donors (Lipinski definition) is 0. The van der Waals surface area contributed by atoms with Crippen LogP contribution in [0.25, 0.3) is 0 Å². The van der Waals surface area contributed by atoms with Crippen LogP contribution in [-0.2, 0) is 39.0 Å². The number of carbonyl (C=O) groups is 3. The Bertz CT molecular complexity index is 631. The van der Waals surface area contributed by atoms with Gasteiger partial charge < -0.3 is 22.8 Å². The lowest BCUT2D eigenvalue weighted by molar-refractivity contribution is -0.146. The number of fused-ring (bicyclic) bond motifs is 1. The fourth-order valence-corrected chi connectivity index (χ4v) is 4.48. The van der Waals surface area contributed by atoms with Crippen LogP contribution in [0.5, 0.6) is 5.75 Å². The predicted molar refractivity (Wildman–Crippen MR) is 82.0 cm³/mol. The first-order chi connectivity index (χ1) is 11.2. The summed E-state index contributed by atoms with van der Waals surface area (Å²) in [6.07, 6.45) is -0.388. The third-order valence-electron chi connectivity index (χ3n) is 3.01. The Morgan fingerprint density at radius 1 is 1.04 bits per heavy atom. The van der Waals surface area contributed by atoms with E-state index in [-0.39, 0.29) is 18.1 Å². The number of ether oxygens (including phenoxy) is 2. The molecule has 0 fully saturated rings. The Morgan fingerprint density at radius 2 is 1.58 bits per heavy atom. The third kappa shape index (κ3) is 4.12. The molecule has 2 rings (SSSR count). The summed E-state index contributed by atoms with van der Waals surface area (Å²) in [6, 6.07) is 4.75. The lowest BCUT2D eigenvalue weighted by Gasteiger charge is -2.28. The van der Waals surface area contributed by atoms with E-state index in [9.17, 15) is 14.4 Å². The molecular weight excluding hydrogens is 336 g/mol. The van der Waals surface area contributed by atoms with Crippen molar-refractivity contribution in [2.45, 2.75) is 40.6 Å². The molecule has 1 aromatic carbocycles. The average Bonchev–Trinajstić information content (AvgIpc) is 2.44. The van der Waals surface area contributed by atoms with Crippen molar-refractivity contribution in [1.82, 2.24) is 0 Å². The van der Waals surface area contributed by atoms with Gasteiger partial charge >= 0.3 is 8.80 Å². The van der Waals surface area contributed by atoms with Gasteiger partial charge in [-0.2, -0.15) is 0 Å². The maximum Gasteiger partial charge on any atom is 0.742 e. The molecule has 1 aliphatic heterocycles. The Kier molecular flexibility index (Phi) is 5.25. The summed E-state index contributed by atoms with van der Waals surface area (Å²) in [5, 5.41) is 0.281. The maximum absolute atomic E-state index is 11.5. The average molecular weight is 354 g/mol. The SMILES string of the molecule is CC(=O)O[Si](OC(C)=O)(OC(C)=O)c1ccc2c(c1)COC(C)O2. The van der Waals surface area contributed by atoms with E-state index in [1.807, 2.05) is 0 Å². The van der Waals surface area contributed by atoms with E-state index in [1.165, 1.54) is 6.07 Å². The molecule has 0 spiro atoms. The molecule has 0 aromatic heterocycles. The first kappa shape index (κ1) is 18.0. The zero-order chi connectivity index (χ0) is 17.9. The molecular formula is C15H18O8Si. The van der Waals surface area contributed by atoms with Crippen LogP contribution in [0.15, 0.2) is 18.2 Å². The number of benzene rings is 1. The molecule has 0 saturated heterocycles. The zero-order valence-corrected chi connectivity index (χ0v) is 14.8. The highest BCUT2D eigenvalue weighted by Crippen LogP contribution is 2.26. The van der Waals surface area contributed by atoms with E-state index < -0.39 is 26.7 Å². The number of rotatable bonds is 4. The van der Waals surface area contributed by atoms with E-state index in [0.717, 1.165) is 20.8 Å². The molecule has 9 heteroatoms. The second-order valence-corrected chi connectivity index (χ2v) is 7.46. The van der Waals surface area contributed by atoms with Gasteiger partial charge in [0.05, 0.1) is 11.8 Å². The van der Waals surface area contributed by atoms with Gasteiger partial charge in [0, 0.05) is 26.3 Å². The van der Waals surface area contributed by atoms with Crippen LogP contribution in [0.4, 0.5) is 0 Å². The molecule has 1 heterocycles. The molecule has 130 valence electrons. The van der Waals surface area contributed by atoms with E-state index in [1.54, 1.807) is 19.1 Å². The van der Waals surface area contributed by atoms with Crippen LogP contribution in [0.1, 0.15) is 33.3 Å². The fourth-order valence-electron chi connectivity index (χ4n) is 2.22. The van der Waals surface area contributed by atoms with Crippen molar-refractivity contribution in [3.05, 3.63) is 23.8 Å². The van der Waals surface area contributed by atoms with Crippen molar-refractivity contribution in [2.75, 3.05) is 0 Å². The molecule has 1 aliphatic rings. The minimum Gasteiger partial charge on any atom is -0.465 e. The van der Waals surface area contributed by atoms with Gasteiger partial charge in [0.2, 0.25) is 0 Å². The van der Waals surface area contributed by atoms with E-state index in [4.69, 9.17) is 22.8 Å². The predicted octanol–water partition coefficient (Wildman–Crippen LogP) is 0.777. The van der Waals surface area contributed by atoms with Gasteiger partial charge in [0.25, 0.3) is 17.9 Å². The lowest BCUT2D eigenvalue weighted by atomic mass is 10.2. The minimum atomic E-state index is -4.10. The highest BCUT2D eigenvalue weighted by molar-refractivity contribution is 6.79. The summed E-state index contributed by atoms with van der Waals surface area (Å²) in [4.78, 5) is 34.5. The first-order valence-corrected chi connectivity index (χ1v) is 8.95. The smallest absolute Gasteiger partial charge is 0.465 e. The first-order valence-electron chi connectivity index (χ1n) is 7.22. The fraction of sp³-hybridized carbons (Fsp3) is 0.400. The molecule has 1 atom stereocenters. The van der Waals surface area contributed by atoms with Crippen LogP contribution >= 0.6 is 0 Å². The van der Waals surface area contributed by atoms with Gasteiger partial charge in [0.1, 0.15) is 5.75 Å². The Morgan fingerprint density at radius 3 is 2.08 bits per heavy atom. The van der Waals surface area contributed by atoms with Crippen LogP contribution in [0.3, 0.4) is 0 Å². The van der Waals surface area contributed by atoms with Crippen molar-refractivity contribution in [2.24, 2.45) is 0 Å². The second-order valence-electron chi connectivity index (χ2n) is 5.16. The monoisotopic (exact) mass is 354 g/mol. The van der Waals surface area contributed by atoms with Crippen molar-refractivity contribution < 1.29 is 37.1 Å². The minimum absolute atomic E-state index is 0.259. The number of carbonyl (C=O) groups excluding carboxylic acids is 3. The largest absolute Gasteiger partial charge is 0.742 e. The second kappa shape index (κ2) is 7.01. The standard InChI is InChI=1S/C15H18O8Si/c1-9(16)21-24(22-10(2)17,23-11(3)18)14-5-6-15-13(7-14)8-19-12(4)20-15/h5-7,12H,8H2,1-4H3. The Labute approximate surface area is 140 Å². The molecule has 8 nitrogen and oxygen atoms in total. The van der Waals surface area contributed by atoms with E-state index in [2.05, 4.69) is 0 Å². The molecule has 0 saturated carbocycles. The van der Waals surface area contributed by atoms with Gasteiger partial charge in [-0.05, 0) is 25.1 Å². The summed E-state index contributed by atoms with van der Waals surface area (Å²) in [7, 11) is -4.10. The van der Waals surface area contributed by atoms with Gasteiger partial charge in [-0.3, -0.25) is 14.4 Å². The van der Waals surface area contributed by atoms with Gasteiger partial charge in [-0.25, -0.2) is 0 Å². The van der Waals surface area contributed by atoms with E-state index in [0.29, 0.717) is 11.3 Å². The summed E-state index contributed by atoms with van der Waals surface area (Å²) in [6.45, 7) is 5.44. The highest BCUT2D eigenvalue weighted by Gasteiger charge is 2.55. The molecule has 0 radical (unpaired) electrons. The zero-order valence-electron chi connectivity index (χ0n) is 13.8. The highest BCUT2D eigenvalue weighted by atomic mass is 28.4. The van der Waals surface area contributed by atoms with Crippen molar-refractivity contribution in [3.63, 3.8) is 0 Å². The molecule has 1 unspecified atom stereocenters. The molecule has 0 amide bonds. The van der Waals surface area contributed by atoms with Gasteiger partial charge in [-0.1, -0.05) is 0 Å². The molecule has 0 N–H and O–H groups in total. The third-order valence-corrected chi connectivity index (χ3v) is 5.70. The number of hydrogen-bond acceptors (Lipinski definition) is 8. The quantitative estimate of drug-likeness (QED) is 0.732. The van der Waals surface area contributed by atoms with E-state index >= 15 is 0 Å². The topological polar surface area (TPSA) is 97.4 Å². The lowest BCUT2D eigenvalue weighted by Crippen LogP contribution is -2.59. The molecule has 24 heavy (non-hydrogen) atoms.